The quantitative estimate of drug-likeness (QED) is 0.729. The molecule has 0 radical (unpaired) electrons. The summed E-state index contributed by atoms with van der Waals surface area (Å²) in [5.74, 6) is 1.54. The van der Waals surface area contributed by atoms with Gasteiger partial charge in [-0.2, -0.15) is 0 Å². The highest BCUT2D eigenvalue weighted by Crippen LogP contribution is 2.29. The first kappa shape index (κ1) is 17.7. The van der Waals surface area contributed by atoms with Crippen LogP contribution in [0.25, 0.3) is 0 Å². The maximum absolute atomic E-state index is 12.2. The average Bonchev–Trinajstić information content (AvgIpc) is 2.65. The molecule has 0 fully saturated rings. The predicted octanol–water partition coefficient (Wildman–Crippen LogP) is 4.24. The Morgan fingerprint density at radius 3 is 2.35 bits per heavy atom. The third-order valence-corrected chi connectivity index (χ3v) is 3.83. The lowest BCUT2D eigenvalue weighted by Gasteiger charge is -2.10. The maximum Gasteiger partial charge on any atom is 0.276 e. The van der Waals surface area contributed by atoms with Gasteiger partial charge in [-0.3, -0.25) is 4.79 Å². The van der Waals surface area contributed by atoms with Gasteiger partial charge in [0.15, 0.2) is 11.5 Å². The zero-order chi connectivity index (χ0) is 18.5. The lowest BCUT2D eigenvalue weighted by Crippen LogP contribution is -2.16. The first-order valence-electron chi connectivity index (χ1n) is 7.88. The zero-order valence-corrected chi connectivity index (χ0v) is 15.1. The summed E-state index contributed by atoms with van der Waals surface area (Å²) >= 11 is 6.07. The summed E-state index contributed by atoms with van der Waals surface area (Å²) in [6.45, 7) is 0. The number of hydrogen-bond donors (Lipinski definition) is 1. The van der Waals surface area contributed by atoms with Crippen LogP contribution in [0.1, 0.15) is 10.5 Å². The van der Waals surface area contributed by atoms with Crippen molar-refractivity contribution >= 4 is 29.0 Å². The molecule has 0 spiro atoms. The van der Waals surface area contributed by atoms with Gasteiger partial charge in [0.2, 0.25) is 0 Å². The third kappa shape index (κ3) is 4.29. The molecule has 3 rings (SSSR count). The predicted molar refractivity (Wildman–Crippen MR) is 102 cm³/mol. The van der Waals surface area contributed by atoms with Gasteiger partial charge in [-0.05, 0) is 48.5 Å². The molecular formula is C19H17ClN4O2. The summed E-state index contributed by atoms with van der Waals surface area (Å²) in [5.41, 5.74) is 0.868. The number of anilines is 2. The minimum absolute atomic E-state index is 0.243. The van der Waals surface area contributed by atoms with Crippen LogP contribution in [0.2, 0.25) is 5.02 Å². The van der Waals surface area contributed by atoms with E-state index in [0.717, 1.165) is 0 Å². The Labute approximate surface area is 156 Å². The maximum atomic E-state index is 12.2. The second-order valence-electron chi connectivity index (χ2n) is 5.68. The SMILES string of the molecule is CN(C)c1ccc(C(=O)Nc2ccc(Oc3ccccc3Cl)cc2)nn1. The summed E-state index contributed by atoms with van der Waals surface area (Å²) in [5, 5.41) is 11.2. The molecule has 26 heavy (non-hydrogen) atoms. The van der Waals surface area contributed by atoms with E-state index >= 15 is 0 Å². The van der Waals surface area contributed by atoms with Gasteiger partial charge in [0, 0.05) is 19.8 Å². The Morgan fingerprint density at radius 1 is 1.00 bits per heavy atom. The van der Waals surface area contributed by atoms with Gasteiger partial charge in [-0.25, -0.2) is 0 Å². The number of amides is 1. The van der Waals surface area contributed by atoms with Gasteiger partial charge in [0.1, 0.15) is 11.5 Å². The van der Waals surface area contributed by atoms with Gasteiger partial charge in [-0.1, -0.05) is 23.7 Å². The molecule has 0 aliphatic carbocycles. The number of rotatable bonds is 5. The normalized spacial score (nSPS) is 10.3. The molecule has 7 heteroatoms. The summed E-state index contributed by atoms with van der Waals surface area (Å²) < 4.78 is 5.72. The molecule has 1 amide bonds. The minimum Gasteiger partial charge on any atom is -0.456 e. The molecule has 0 aliphatic heterocycles. The van der Waals surface area contributed by atoms with Crippen molar-refractivity contribution in [1.29, 1.82) is 0 Å². The van der Waals surface area contributed by atoms with Crippen LogP contribution in [0.15, 0.2) is 60.7 Å². The van der Waals surface area contributed by atoms with E-state index in [1.54, 1.807) is 48.5 Å². The van der Waals surface area contributed by atoms with Crippen molar-refractivity contribution in [1.82, 2.24) is 10.2 Å². The van der Waals surface area contributed by atoms with E-state index < -0.39 is 0 Å². The largest absolute Gasteiger partial charge is 0.456 e. The second kappa shape index (κ2) is 7.84. The van der Waals surface area contributed by atoms with E-state index in [1.165, 1.54) is 0 Å². The molecule has 1 N–H and O–H groups in total. The van der Waals surface area contributed by atoms with Crippen molar-refractivity contribution in [3.63, 3.8) is 0 Å². The van der Waals surface area contributed by atoms with E-state index in [-0.39, 0.29) is 11.6 Å². The first-order chi connectivity index (χ1) is 12.5. The Hall–Kier alpha value is -3.12. The molecule has 0 bridgehead atoms. The Balaban J connectivity index is 1.65. The molecule has 0 saturated carbocycles. The molecule has 2 aromatic carbocycles. The van der Waals surface area contributed by atoms with Gasteiger partial charge < -0.3 is 15.0 Å². The van der Waals surface area contributed by atoms with E-state index in [2.05, 4.69) is 15.5 Å². The number of hydrogen-bond acceptors (Lipinski definition) is 5. The lowest BCUT2D eigenvalue weighted by atomic mass is 10.2. The second-order valence-corrected chi connectivity index (χ2v) is 6.09. The van der Waals surface area contributed by atoms with Crippen LogP contribution in [-0.4, -0.2) is 30.2 Å². The van der Waals surface area contributed by atoms with Crippen molar-refractivity contribution in [3.8, 4) is 11.5 Å². The summed E-state index contributed by atoms with van der Waals surface area (Å²) in [6, 6.07) is 17.6. The molecular weight excluding hydrogens is 352 g/mol. The number of carbonyl (C=O) groups excluding carboxylic acids is 1. The van der Waals surface area contributed by atoms with Gasteiger partial charge in [0.25, 0.3) is 5.91 Å². The zero-order valence-electron chi connectivity index (χ0n) is 14.3. The molecule has 0 saturated heterocycles. The van der Waals surface area contributed by atoms with E-state index in [0.29, 0.717) is 28.0 Å². The van der Waals surface area contributed by atoms with Crippen molar-refractivity contribution in [2.75, 3.05) is 24.3 Å². The van der Waals surface area contributed by atoms with E-state index in [4.69, 9.17) is 16.3 Å². The van der Waals surface area contributed by atoms with Crippen LogP contribution >= 0.6 is 11.6 Å². The molecule has 0 aliphatic rings. The number of nitrogens with one attached hydrogen (secondary N) is 1. The number of aromatic nitrogens is 2. The molecule has 3 aromatic rings. The van der Waals surface area contributed by atoms with Crippen molar-refractivity contribution in [2.45, 2.75) is 0 Å². The summed E-state index contributed by atoms with van der Waals surface area (Å²) in [7, 11) is 3.71. The highest BCUT2D eigenvalue weighted by atomic mass is 35.5. The van der Waals surface area contributed by atoms with Crippen LogP contribution in [0.4, 0.5) is 11.5 Å². The van der Waals surface area contributed by atoms with Crippen LogP contribution in [0.3, 0.4) is 0 Å². The molecule has 1 aromatic heterocycles. The molecule has 1 heterocycles. The van der Waals surface area contributed by atoms with E-state index in [1.807, 2.05) is 31.1 Å². The van der Waals surface area contributed by atoms with Gasteiger partial charge in [-0.15, -0.1) is 10.2 Å². The molecule has 0 unspecified atom stereocenters. The number of benzene rings is 2. The molecule has 132 valence electrons. The van der Waals surface area contributed by atoms with Gasteiger partial charge >= 0.3 is 0 Å². The van der Waals surface area contributed by atoms with Crippen LogP contribution < -0.4 is 15.0 Å². The van der Waals surface area contributed by atoms with Crippen molar-refractivity contribution in [3.05, 3.63) is 71.4 Å². The van der Waals surface area contributed by atoms with Crippen LogP contribution in [0.5, 0.6) is 11.5 Å². The Kier molecular flexibility index (Phi) is 5.34. The average molecular weight is 369 g/mol. The first-order valence-corrected chi connectivity index (χ1v) is 8.25. The smallest absolute Gasteiger partial charge is 0.276 e. The number of ether oxygens (including phenoxy) is 1. The minimum atomic E-state index is -0.331. The lowest BCUT2D eigenvalue weighted by molar-refractivity contribution is 0.102. The Bertz CT molecular complexity index is 896. The summed E-state index contributed by atoms with van der Waals surface area (Å²) in [4.78, 5) is 14.1. The number of carbonyl (C=O) groups is 1. The summed E-state index contributed by atoms with van der Waals surface area (Å²) in [6.07, 6.45) is 0. The fourth-order valence-electron chi connectivity index (χ4n) is 2.14. The third-order valence-electron chi connectivity index (χ3n) is 3.52. The standard InChI is InChI=1S/C19H17ClN4O2/c1-24(2)18-12-11-16(22-23-18)19(25)21-13-7-9-14(10-8-13)26-17-6-4-3-5-15(17)20/h3-12H,1-2H3,(H,21,25). The molecule has 0 atom stereocenters. The van der Waals surface area contributed by atoms with Crippen molar-refractivity contribution < 1.29 is 9.53 Å². The number of halogens is 1. The number of para-hydroxylation sites is 1. The van der Waals surface area contributed by atoms with E-state index in [9.17, 15) is 4.79 Å². The highest BCUT2D eigenvalue weighted by Gasteiger charge is 2.10. The number of nitrogens with zero attached hydrogens (tertiary/aromatic N) is 3. The van der Waals surface area contributed by atoms with Crippen molar-refractivity contribution in [2.24, 2.45) is 0 Å². The van der Waals surface area contributed by atoms with Crippen LogP contribution in [0, 0.1) is 0 Å². The Morgan fingerprint density at radius 2 is 1.73 bits per heavy atom. The van der Waals surface area contributed by atoms with Gasteiger partial charge in [0.05, 0.1) is 5.02 Å². The van der Waals surface area contributed by atoms with Crippen LogP contribution in [-0.2, 0) is 0 Å². The highest BCUT2D eigenvalue weighted by molar-refractivity contribution is 6.32. The molecule has 6 nitrogen and oxygen atoms in total. The fraction of sp³-hybridized carbons (Fsp3) is 0.105. The fourth-order valence-corrected chi connectivity index (χ4v) is 2.32. The monoisotopic (exact) mass is 368 g/mol. The topological polar surface area (TPSA) is 67.4 Å².